The van der Waals surface area contributed by atoms with E-state index in [0.29, 0.717) is 41.6 Å². The molecule has 1 unspecified atom stereocenters. The Morgan fingerprint density at radius 2 is 1.80 bits per heavy atom. The summed E-state index contributed by atoms with van der Waals surface area (Å²) in [6.07, 6.45) is 12.4. The fourth-order valence-corrected chi connectivity index (χ4v) is 7.06. The van der Waals surface area contributed by atoms with Gasteiger partial charge in [-0.1, -0.05) is 23.2 Å². The molecule has 7 rings (SSSR count). The molecule has 0 radical (unpaired) electrons. The van der Waals surface area contributed by atoms with Crippen LogP contribution in [0.25, 0.3) is 11.5 Å². The fraction of sp³-hybridized carbons (Fsp3) is 0.364. The van der Waals surface area contributed by atoms with Crippen LogP contribution in [0.5, 0.6) is 0 Å². The summed E-state index contributed by atoms with van der Waals surface area (Å²) in [6.45, 7) is 4.54. The van der Waals surface area contributed by atoms with E-state index in [1.807, 2.05) is 12.3 Å². The standard InChI is InChI=1S/C33H35Cl2N13O3/c1-19(45(2)18-20-5-9-46(10-6-20)23-11-21(14-36-16-23)24-3-4-29(49)43-32(24)50)30-26(17-37-28-13-27(35)44-47(28)30)42-33(51)41-22-12-25(34)31(38-15-22)48-39-7-8-40-48/h7-8,11-17,19-20,24H,3-6,9-10,18H2,1-2H3,(H2,41,42,51)(H,43,49,50)/t19-,24?/m1/s1. The number of anilines is 3. The minimum atomic E-state index is -0.517. The smallest absolute Gasteiger partial charge is 0.323 e. The summed E-state index contributed by atoms with van der Waals surface area (Å²) < 4.78 is 1.66. The van der Waals surface area contributed by atoms with E-state index in [2.05, 4.69) is 70.0 Å². The van der Waals surface area contributed by atoms with Crippen LogP contribution in [0.1, 0.15) is 55.8 Å². The van der Waals surface area contributed by atoms with Crippen LogP contribution >= 0.6 is 23.2 Å². The zero-order valence-corrected chi connectivity index (χ0v) is 29.3. The monoisotopic (exact) mass is 731 g/mol. The summed E-state index contributed by atoms with van der Waals surface area (Å²) in [5, 5.41) is 21.2. The summed E-state index contributed by atoms with van der Waals surface area (Å²) >= 11 is 12.7. The second-order valence-electron chi connectivity index (χ2n) is 12.7. The number of carbonyl (C=O) groups excluding carboxylic acids is 3. The predicted octanol–water partition coefficient (Wildman–Crippen LogP) is 4.48. The highest BCUT2D eigenvalue weighted by atomic mass is 35.5. The summed E-state index contributed by atoms with van der Waals surface area (Å²) in [4.78, 5) is 56.3. The summed E-state index contributed by atoms with van der Waals surface area (Å²) in [7, 11) is 2.05. The van der Waals surface area contributed by atoms with Crippen LogP contribution in [0.2, 0.25) is 10.2 Å². The number of amides is 4. The molecule has 51 heavy (non-hydrogen) atoms. The van der Waals surface area contributed by atoms with Gasteiger partial charge in [-0.15, -0.1) is 4.80 Å². The number of aromatic nitrogens is 8. The van der Waals surface area contributed by atoms with Crippen LogP contribution in [0.3, 0.4) is 0 Å². The summed E-state index contributed by atoms with van der Waals surface area (Å²) in [5.41, 5.74) is 3.92. The lowest BCUT2D eigenvalue weighted by atomic mass is 9.91. The molecule has 4 amide bonds. The summed E-state index contributed by atoms with van der Waals surface area (Å²) in [5.74, 6) is -0.118. The van der Waals surface area contributed by atoms with Crippen LogP contribution in [0.4, 0.5) is 21.9 Å². The van der Waals surface area contributed by atoms with Crippen LogP contribution < -0.4 is 20.9 Å². The second kappa shape index (κ2) is 14.6. The third-order valence-corrected chi connectivity index (χ3v) is 9.86. The van der Waals surface area contributed by atoms with Gasteiger partial charge in [0.15, 0.2) is 16.6 Å². The van der Waals surface area contributed by atoms with E-state index in [4.69, 9.17) is 23.2 Å². The van der Waals surface area contributed by atoms with E-state index < -0.39 is 6.03 Å². The van der Waals surface area contributed by atoms with Crippen molar-refractivity contribution in [2.45, 2.75) is 44.6 Å². The zero-order valence-electron chi connectivity index (χ0n) is 27.8. The number of hydrogen-bond donors (Lipinski definition) is 3. The molecule has 7 heterocycles. The molecular formula is C33H35Cl2N13O3. The van der Waals surface area contributed by atoms with Crippen LogP contribution in [0, 0.1) is 5.92 Å². The molecule has 0 aliphatic carbocycles. The number of rotatable bonds is 9. The number of nitrogens with one attached hydrogen (secondary N) is 3. The third-order valence-electron chi connectivity index (χ3n) is 9.40. The van der Waals surface area contributed by atoms with E-state index in [1.165, 1.54) is 23.4 Å². The lowest BCUT2D eigenvalue weighted by molar-refractivity contribution is -0.134. The molecule has 0 aromatic carbocycles. The molecule has 3 N–H and O–H groups in total. The number of carbonyl (C=O) groups is 3. The number of imide groups is 1. The number of urea groups is 1. The molecule has 5 aromatic heterocycles. The van der Waals surface area contributed by atoms with E-state index >= 15 is 0 Å². The van der Waals surface area contributed by atoms with Crippen molar-refractivity contribution < 1.29 is 14.4 Å². The Bertz CT molecular complexity index is 2080. The first kappa shape index (κ1) is 34.3. The molecule has 0 saturated carbocycles. The molecule has 2 saturated heterocycles. The van der Waals surface area contributed by atoms with Crippen molar-refractivity contribution in [1.82, 2.24) is 49.8 Å². The molecule has 16 nitrogen and oxygen atoms in total. The minimum absolute atomic E-state index is 0.189. The SMILES string of the molecule is C[C@H](c1c(NC(=O)Nc2cnc(-n3nccn3)c(Cl)c2)cnc2cc(Cl)nn12)N(C)CC1CCN(c2cncc(C3CCC(=O)NC3=O)c2)CC1. The van der Waals surface area contributed by atoms with E-state index in [9.17, 15) is 14.4 Å². The van der Waals surface area contributed by atoms with Crippen molar-refractivity contribution in [3.05, 3.63) is 76.8 Å². The van der Waals surface area contributed by atoms with Crippen molar-refractivity contribution >= 4 is 63.8 Å². The van der Waals surface area contributed by atoms with Crippen molar-refractivity contribution in [3.63, 3.8) is 0 Å². The first-order valence-corrected chi connectivity index (χ1v) is 17.3. The van der Waals surface area contributed by atoms with Gasteiger partial charge in [0.2, 0.25) is 11.8 Å². The van der Waals surface area contributed by atoms with Gasteiger partial charge in [-0.25, -0.2) is 19.3 Å². The normalized spacial score (nSPS) is 17.5. The minimum Gasteiger partial charge on any atom is -0.370 e. The maximum atomic E-state index is 13.2. The Hall–Kier alpha value is -5.19. The second-order valence-corrected chi connectivity index (χ2v) is 13.5. The van der Waals surface area contributed by atoms with Gasteiger partial charge in [0.25, 0.3) is 0 Å². The Labute approximate surface area is 302 Å². The zero-order chi connectivity index (χ0) is 35.6. The molecule has 2 aliphatic heterocycles. The van der Waals surface area contributed by atoms with Crippen molar-refractivity contribution in [2.24, 2.45) is 5.92 Å². The fourth-order valence-electron chi connectivity index (χ4n) is 6.65. The molecule has 18 heteroatoms. The van der Waals surface area contributed by atoms with Gasteiger partial charge in [0, 0.05) is 38.3 Å². The number of fused-ring (bicyclic) bond motifs is 1. The van der Waals surface area contributed by atoms with Gasteiger partial charge in [-0.05, 0) is 56.8 Å². The average molecular weight is 733 g/mol. The molecule has 5 aromatic rings. The number of nitrogens with zero attached hydrogens (tertiary/aromatic N) is 10. The quantitative estimate of drug-likeness (QED) is 0.182. The van der Waals surface area contributed by atoms with Gasteiger partial charge in [-0.2, -0.15) is 15.3 Å². The van der Waals surface area contributed by atoms with Crippen LogP contribution in [-0.4, -0.2) is 89.0 Å². The first-order chi connectivity index (χ1) is 24.6. The van der Waals surface area contributed by atoms with Crippen molar-refractivity contribution in [2.75, 3.05) is 42.2 Å². The van der Waals surface area contributed by atoms with Crippen molar-refractivity contribution in [3.8, 4) is 5.82 Å². The maximum Gasteiger partial charge on any atom is 0.323 e. The highest BCUT2D eigenvalue weighted by Crippen LogP contribution is 2.32. The molecule has 2 fully saturated rings. The summed E-state index contributed by atoms with van der Waals surface area (Å²) in [6, 6.07) is 4.55. The van der Waals surface area contributed by atoms with Gasteiger partial charge in [0.05, 0.1) is 70.7 Å². The molecule has 2 atom stereocenters. The maximum absolute atomic E-state index is 13.2. The van der Waals surface area contributed by atoms with Gasteiger partial charge in [-0.3, -0.25) is 24.8 Å². The lowest BCUT2D eigenvalue weighted by Crippen LogP contribution is -2.40. The molecule has 264 valence electrons. The number of halogens is 2. The molecular weight excluding hydrogens is 697 g/mol. The highest BCUT2D eigenvalue weighted by molar-refractivity contribution is 6.32. The van der Waals surface area contributed by atoms with Gasteiger partial charge in [0.1, 0.15) is 0 Å². The van der Waals surface area contributed by atoms with E-state index in [0.717, 1.165) is 49.4 Å². The third kappa shape index (κ3) is 7.48. The Morgan fingerprint density at radius 3 is 2.55 bits per heavy atom. The highest BCUT2D eigenvalue weighted by Gasteiger charge is 2.30. The number of piperidine rings is 2. The average Bonchev–Trinajstić information content (AvgIpc) is 3.78. The first-order valence-electron chi connectivity index (χ1n) is 16.5. The Balaban J connectivity index is 1.01. The van der Waals surface area contributed by atoms with E-state index in [-0.39, 0.29) is 33.9 Å². The van der Waals surface area contributed by atoms with Gasteiger partial charge >= 0.3 is 6.03 Å². The van der Waals surface area contributed by atoms with Gasteiger partial charge < -0.3 is 15.5 Å². The largest absolute Gasteiger partial charge is 0.370 e. The Kier molecular flexibility index (Phi) is 9.79. The van der Waals surface area contributed by atoms with Crippen molar-refractivity contribution in [1.29, 1.82) is 0 Å². The number of pyridine rings is 2. The predicted molar refractivity (Wildman–Crippen MR) is 190 cm³/mol. The Morgan fingerprint density at radius 1 is 1.02 bits per heavy atom. The topological polar surface area (TPSA) is 180 Å². The van der Waals surface area contributed by atoms with Crippen LogP contribution in [0.15, 0.2) is 55.4 Å². The molecule has 2 aliphatic rings. The molecule has 0 bridgehead atoms. The lowest BCUT2D eigenvalue weighted by Gasteiger charge is -2.37. The van der Waals surface area contributed by atoms with E-state index in [1.54, 1.807) is 29.0 Å². The number of hydrogen-bond acceptors (Lipinski definition) is 11. The molecule has 0 spiro atoms. The van der Waals surface area contributed by atoms with Crippen LogP contribution in [-0.2, 0) is 9.59 Å².